The van der Waals surface area contributed by atoms with Crippen molar-refractivity contribution in [3.8, 4) is 0 Å². The zero-order chi connectivity index (χ0) is 14.0. The minimum atomic E-state index is -3.88. The monoisotopic (exact) mass is 275 g/mol. The first kappa shape index (κ1) is 14.7. The van der Waals surface area contributed by atoms with Crippen LogP contribution in [0.2, 0.25) is 0 Å². The van der Waals surface area contributed by atoms with E-state index in [-0.39, 0.29) is 17.7 Å². The van der Waals surface area contributed by atoms with Gasteiger partial charge in [0.15, 0.2) is 0 Å². The highest BCUT2D eigenvalue weighted by Crippen LogP contribution is 2.19. The van der Waals surface area contributed by atoms with Crippen molar-refractivity contribution in [2.75, 3.05) is 0 Å². The lowest BCUT2D eigenvalue weighted by Gasteiger charge is -2.27. The number of nitrogens with one attached hydrogen (secondary N) is 1. The molecule has 0 spiro atoms. The molecule has 2 N–H and O–H groups in total. The molecule has 0 saturated heterocycles. The molecule has 0 saturated carbocycles. The quantitative estimate of drug-likeness (QED) is 0.779. The van der Waals surface area contributed by atoms with Crippen molar-refractivity contribution in [2.45, 2.75) is 37.1 Å². The lowest BCUT2D eigenvalue weighted by atomic mass is 9.95. The van der Waals surface area contributed by atoms with Gasteiger partial charge in [0.25, 0.3) is 0 Å². The van der Waals surface area contributed by atoms with Gasteiger partial charge in [0.1, 0.15) is 10.4 Å². The Kier molecular flexibility index (Phi) is 4.12. The zero-order valence-corrected chi connectivity index (χ0v) is 11.4. The van der Waals surface area contributed by atoms with E-state index in [9.17, 15) is 18.3 Å². The van der Waals surface area contributed by atoms with Crippen molar-refractivity contribution in [2.24, 2.45) is 7.05 Å². The van der Waals surface area contributed by atoms with Crippen LogP contribution in [0.25, 0.3) is 0 Å². The topological polar surface area (TPSA) is 101 Å². The lowest BCUT2D eigenvalue weighted by molar-refractivity contribution is -0.144. The number of aryl methyl sites for hydroxylation is 1. The Bertz CT molecular complexity index is 531. The summed E-state index contributed by atoms with van der Waals surface area (Å²) < 4.78 is 27.7. The summed E-state index contributed by atoms with van der Waals surface area (Å²) in [5.74, 6) is -1.18. The number of sulfonamides is 1. The normalized spacial score (nSPS) is 12.6. The summed E-state index contributed by atoms with van der Waals surface area (Å²) in [7, 11) is -2.29. The van der Waals surface area contributed by atoms with Gasteiger partial charge in [-0.15, -0.1) is 0 Å². The fourth-order valence-corrected chi connectivity index (χ4v) is 3.08. The summed E-state index contributed by atoms with van der Waals surface area (Å²) >= 11 is 0. The van der Waals surface area contributed by atoms with Gasteiger partial charge in [-0.1, -0.05) is 13.8 Å². The first-order valence-electron chi connectivity index (χ1n) is 5.53. The van der Waals surface area contributed by atoms with Crippen molar-refractivity contribution in [1.29, 1.82) is 0 Å². The molecule has 0 radical (unpaired) electrons. The second-order valence-corrected chi connectivity index (χ2v) is 5.73. The molecule has 0 unspecified atom stereocenters. The largest absolute Gasteiger partial charge is 0.480 e. The van der Waals surface area contributed by atoms with E-state index in [0.717, 1.165) is 0 Å². The Morgan fingerprint density at radius 2 is 2.06 bits per heavy atom. The van der Waals surface area contributed by atoms with Crippen LogP contribution < -0.4 is 4.72 Å². The van der Waals surface area contributed by atoms with Crippen LogP contribution in [-0.4, -0.2) is 34.8 Å². The maximum atomic E-state index is 12.1. The van der Waals surface area contributed by atoms with Gasteiger partial charge >= 0.3 is 5.97 Å². The Labute approximate surface area is 106 Å². The van der Waals surface area contributed by atoms with Gasteiger partial charge in [-0.3, -0.25) is 9.48 Å². The maximum Gasteiger partial charge on any atom is 0.324 e. The summed E-state index contributed by atoms with van der Waals surface area (Å²) in [6.45, 7) is 3.26. The molecule has 102 valence electrons. The molecule has 18 heavy (non-hydrogen) atoms. The number of nitrogens with zero attached hydrogens (tertiary/aromatic N) is 2. The van der Waals surface area contributed by atoms with Gasteiger partial charge in [-0.05, 0) is 12.8 Å². The van der Waals surface area contributed by atoms with E-state index in [2.05, 4.69) is 9.82 Å². The average Bonchev–Trinajstić information content (AvgIpc) is 2.73. The smallest absolute Gasteiger partial charge is 0.324 e. The molecule has 1 aromatic heterocycles. The van der Waals surface area contributed by atoms with E-state index >= 15 is 0 Å². The molecule has 0 aliphatic rings. The Morgan fingerprint density at radius 3 is 2.39 bits per heavy atom. The second kappa shape index (κ2) is 5.07. The predicted octanol–water partition coefficient (Wildman–Crippen LogP) is 0.342. The molecule has 0 fully saturated rings. The number of aliphatic carboxylic acids is 1. The van der Waals surface area contributed by atoms with Crippen LogP contribution in [0.1, 0.15) is 26.7 Å². The number of hydrogen-bond donors (Lipinski definition) is 2. The molecule has 7 nitrogen and oxygen atoms in total. The van der Waals surface area contributed by atoms with Gasteiger partial charge in [0.05, 0.1) is 6.20 Å². The van der Waals surface area contributed by atoms with Crippen LogP contribution >= 0.6 is 0 Å². The highest BCUT2D eigenvalue weighted by molar-refractivity contribution is 7.89. The van der Waals surface area contributed by atoms with Crippen LogP contribution in [0, 0.1) is 0 Å². The van der Waals surface area contributed by atoms with Gasteiger partial charge in [0.2, 0.25) is 10.0 Å². The molecule has 0 bridgehead atoms. The molecular formula is C10H17N3O4S. The Morgan fingerprint density at radius 1 is 1.50 bits per heavy atom. The minimum absolute atomic E-state index is 0.0440. The van der Waals surface area contributed by atoms with Gasteiger partial charge in [-0.2, -0.15) is 9.82 Å². The van der Waals surface area contributed by atoms with Crippen LogP contribution in [0.15, 0.2) is 17.3 Å². The van der Waals surface area contributed by atoms with Crippen molar-refractivity contribution < 1.29 is 18.3 Å². The van der Waals surface area contributed by atoms with Crippen molar-refractivity contribution in [3.63, 3.8) is 0 Å². The fourth-order valence-electron chi connectivity index (χ4n) is 1.59. The van der Waals surface area contributed by atoms with Crippen LogP contribution in [0.5, 0.6) is 0 Å². The third-order valence-electron chi connectivity index (χ3n) is 2.94. The first-order valence-corrected chi connectivity index (χ1v) is 7.01. The third kappa shape index (κ3) is 2.70. The number of carboxylic acid groups (broad SMARTS) is 1. The SMILES string of the molecule is CCC(CC)(NS(=O)(=O)c1cnn(C)c1)C(=O)O. The van der Waals surface area contributed by atoms with E-state index in [1.807, 2.05) is 0 Å². The molecule has 0 aliphatic carbocycles. The van der Waals surface area contributed by atoms with E-state index in [1.165, 1.54) is 17.1 Å². The second-order valence-electron chi connectivity index (χ2n) is 4.05. The minimum Gasteiger partial charge on any atom is -0.480 e. The Balaban J connectivity index is 3.11. The van der Waals surface area contributed by atoms with Crippen molar-refractivity contribution in [3.05, 3.63) is 12.4 Å². The average molecular weight is 275 g/mol. The summed E-state index contributed by atoms with van der Waals surface area (Å²) in [6.07, 6.45) is 2.83. The number of hydrogen-bond acceptors (Lipinski definition) is 4. The van der Waals surface area contributed by atoms with E-state index < -0.39 is 21.5 Å². The molecule has 1 aromatic rings. The van der Waals surface area contributed by atoms with Gasteiger partial charge in [-0.25, -0.2) is 8.42 Å². The number of rotatable bonds is 6. The molecule has 0 amide bonds. The standard InChI is InChI=1S/C10H17N3O4S/c1-4-10(5-2,9(14)15)12-18(16,17)8-6-11-13(3)7-8/h6-7,12H,4-5H2,1-3H3,(H,14,15). The lowest BCUT2D eigenvalue weighted by Crippen LogP contribution is -2.53. The van der Waals surface area contributed by atoms with Crippen molar-refractivity contribution >= 4 is 16.0 Å². The van der Waals surface area contributed by atoms with Gasteiger partial charge < -0.3 is 5.11 Å². The molecule has 8 heteroatoms. The predicted molar refractivity (Wildman–Crippen MR) is 64.5 cm³/mol. The van der Waals surface area contributed by atoms with Gasteiger partial charge in [0, 0.05) is 13.2 Å². The molecule has 0 aromatic carbocycles. The van der Waals surface area contributed by atoms with Crippen LogP contribution in [-0.2, 0) is 21.9 Å². The highest BCUT2D eigenvalue weighted by atomic mass is 32.2. The summed E-state index contributed by atoms with van der Waals surface area (Å²) in [5, 5.41) is 13.0. The molecule has 0 atom stereocenters. The summed E-state index contributed by atoms with van der Waals surface area (Å²) in [6, 6.07) is 0. The third-order valence-corrected chi connectivity index (χ3v) is 4.43. The van der Waals surface area contributed by atoms with Crippen LogP contribution in [0.3, 0.4) is 0 Å². The number of carbonyl (C=O) groups is 1. The molecule has 0 aliphatic heterocycles. The van der Waals surface area contributed by atoms with Crippen molar-refractivity contribution in [1.82, 2.24) is 14.5 Å². The van der Waals surface area contributed by atoms with E-state index in [4.69, 9.17) is 0 Å². The van der Waals surface area contributed by atoms with E-state index in [0.29, 0.717) is 0 Å². The zero-order valence-electron chi connectivity index (χ0n) is 10.5. The molecular weight excluding hydrogens is 258 g/mol. The first-order chi connectivity index (χ1) is 8.27. The molecule has 1 heterocycles. The molecule has 1 rings (SSSR count). The number of carboxylic acids is 1. The fraction of sp³-hybridized carbons (Fsp3) is 0.600. The van der Waals surface area contributed by atoms with E-state index in [1.54, 1.807) is 20.9 Å². The summed E-state index contributed by atoms with van der Waals surface area (Å²) in [4.78, 5) is 11.2. The summed E-state index contributed by atoms with van der Waals surface area (Å²) in [5.41, 5.74) is -1.48. The Hall–Kier alpha value is -1.41. The number of aromatic nitrogens is 2. The van der Waals surface area contributed by atoms with Crippen LogP contribution in [0.4, 0.5) is 0 Å². The highest BCUT2D eigenvalue weighted by Gasteiger charge is 2.39. The maximum absolute atomic E-state index is 12.1.